The molecule has 2 aromatic carbocycles. The van der Waals surface area contributed by atoms with Crippen LogP contribution in [0.4, 0.5) is 5.69 Å². The number of carbonyl (C=O) groups excluding carboxylic acids is 1. The van der Waals surface area contributed by atoms with E-state index in [0.717, 1.165) is 16.8 Å². The number of nitrogens with zero attached hydrogens (tertiary/aromatic N) is 1. The third kappa shape index (κ3) is 4.17. The Morgan fingerprint density at radius 2 is 1.67 bits per heavy atom. The second-order valence-corrected chi connectivity index (χ2v) is 7.34. The number of amides is 1. The van der Waals surface area contributed by atoms with Gasteiger partial charge in [-0.05, 0) is 85.1 Å². The predicted octanol–water partition coefficient (Wildman–Crippen LogP) is 4.52. The number of nitrogens with one attached hydrogen (secondary N) is 1. The molecule has 0 saturated carbocycles. The lowest BCUT2D eigenvalue weighted by atomic mass is 10.1. The van der Waals surface area contributed by atoms with E-state index in [0.29, 0.717) is 21.6 Å². The molecule has 1 amide bonds. The van der Waals surface area contributed by atoms with Crippen LogP contribution in [-0.2, 0) is 4.79 Å². The molecule has 0 aliphatic carbocycles. The maximum atomic E-state index is 12.4. The van der Waals surface area contributed by atoms with Crippen LogP contribution in [0.5, 0.6) is 11.5 Å². The van der Waals surface area contributed by atoms with Gasteiger partial charge in [-0.25, -0.2) is 4.99 Å². The third-order valence-corrected chi connectivity index (χ3v) is 5.34. The van der Waals surface area contributed by atoms with E-state index in [1.54, 1.807) is 14.2 Å². The van der Waals surface area contributed by atoms with Gasteiger partial charge in [0.15, 0.2) is 16.7 Å². The van der Waals surface area contributed by atoms with Crippen LogP contribution in [-0.4, -0.2) is 25.3 Å². The molecule has 0 unspecified atom stereocenters. The van der Waals surface area contributed by atoms with Gasteiger partial charge in [-0.15, -0.1) is 0 Å². The fourth-order valence-corrected chi connectivity index (χ4v) is 3.52. The Bertz CT molecular complexity index is 964. The molecular weight excluding hydrogens is 360 g/mol. The summed E-state index contributed by atoms with van der Waals surface area (Å²) in [6.07, 6.45) is 1.85. The molecule has 1 aliphatic rings. The maximum absolute atomic E-state index is 12.4. The highest BCUT2D eigenvalue weighted by Crippen LogP contribution is 2.34. The van der Waals surface area contributed by atoms with E-state index >= 15 is 0 Å². The van der Waals surface area contributed by atoms with E-state index < -0.39 is 0 Å². The van der Waals surface area contributed by atoms with Crippen LogP contribution in [0.1, 0.15) is 22.3 Å². The number of amidine groups is 1. The standard InChI is InChI=1S/C21H22N2O3S/c1-12-6-7-16(8-13(12)2)22-21-23-20(24)19(27-21)11-15-10-18(26-5)17(25-4)9-14(15)3/h6-11H,1-5H3,(H,22,23,24)/b19-11-. The Labute approximate surface area is 163 Å². The zero-order chi connectivity index (χ0) is 19.6. The minimum atomic E-state index is -0.156. The van der Waals surface area contributed by atoms with Gasteiger partial charge in [0.25, 0.3) is 5.91 Å². The average Bonchev–Trinajstić information content (AvgIpc) is 2.98. The molecule has 1 fully saturated rings. The minimum absolute atomic E-state index is 0.156. The molecule has 0 atom stereocenters. The SMILES string of the molecule is COc1cc(C)c(/C=C2\SC(=Nc3ccc(C)c(C)c3)NC2=O)cc1OC. The summed E-state index contributed by atoms with van der Waals surface area (Å²) in [5, 5.41) is 3.40. The third-order valence-electron chi connectivity index (χ3n) is 4.43. The van der Waals surface area contributed by atoms with Crippen molar-refractivity contribution in [3.05, 3.63) is 57.5 Å². The summed E-state index contributed by atoms with van der Waals surface area (Å²) < 4.78 is 10.7. The quantitative estimate of drug-likeness (QED) is 0.790. The Kier molecular flexibility index (Phi) is 5.56. The molecule has 2 aromatic rings. The number of ether oxygens (including phenoxy) is 2. The van der Waals surface area contributed by atoms with E-state index in [2.05, 4.69) is 17.2 Å². The zero-order valence-electron chi connectivity index (χ0n) is 16.0. The molecule has 140 valence electrons. The molecule has 0 radical (unpaired) electrons. The molecule has 0 bridgehead atoms. The Morgan fingerprint density at radius 3 is 2.33 bits per heavy atom. The van der Waals surface area contributed by atoms with Gasteiger partial charge in [-0.2, -0.15) is 0 Å². The first-order valence-corrected chi connectivity index (χ1v) is 9.32. The van der Waals surface area contributed by atoms with Crippen LogP contribution in [0, 0.1) is 20.8 Å². The van der Waals surface area contributed by atoms with Crippen molar-refractivity contribution in [2.75, 3.05) is 14.2 Å². The Balaban J connectivity index is 1.89. The molecule has 5 nitrogen and oxygen atoms in total. The second kappa shape index (κ2) is 7.88. The van der Waals surface area contributed by atoms with Crippen molar-refractivity contribution < 1.29 is 14.3 Å². The minimum Gasteiger partial charge on any atom is -0.493 e. The number of thioether (sulfide) groups is 1. The molecule has 3 rings (SSSR count). The number of aryl methyl sites for hydroxylation is 3. The van der Waals surface area contributed by atoms with E-state index in [1.165, 1.54) is 22.9 Å². The van der Waals surface area contributed by atoms with Gasteiger partial charge in [-0.1, -0.05) is 6.07 Å². The van der Waals surface area contributed by atoms with Crippen molar-refractivity contribution in [3.63, 3.8) is 0 Å². The van der Waals surface area contributed by atoms with E-state index in [4.69, 9.17) is 9.47 Å². The lowest BCUT2D eigenvalue weighted by Crippen LogP contribution is -2.19. The number of aliphatic imine (C=N–C) groups is 1. The molecule has 1 heterocycles. The molecule has 0 spiro atoms. The Morgan fingerprint density at radius 1 is 0.963 bits per heavy atom. The van der Waals surface area contributed by atoms with Crippen molar-refractivity contribution in [1.82, 2.24) is 5.32 Å². The summed E-state index contributed by atoms with van der Waals surface area (Å²) in [5.74, 6) is 1.14. The molecule has 6 heteroatoms. The highest BCUT2D eigenvalue weighted by atomic mass is 32.2. The van der Waals surface area contributed by atoms with Crippen LogP contribution >= 0.6 is 11.8 Å². The number of rotatable bonds is 4. The van der Waals surface area contributed by atoms with Gasteiger partial charge >= 0.3 is 0 Å². The zero-order valence-corrected chi connectivity index (χ0v) is 16.9. The second-order valence-electron chi connectivity index (χ2n) is 6.31. The van der Waals surface area contributed by atoms with Crippen molar-refractivity contribution in [2.45, 2.75) is 20.8 Å². The smallest absolute Gasteiger partial charge is 0.264 e. The average molecular weight is 382 g/mol. The van der Waals surface area contributed by atoms with Gasteiger partial charge in [0.2, 0.25) is 0 Å². The van der Waals surface area contributed by atoms with Crippen LogP contribution in [0.25, 0.3) is 6.08 Å². The van der Waals surface area contributed by atoms with Gasteiger partial charge in [0.1, 0.15) is 0 Å². The molecule has 1 N–H and O–H groups in total. The van der Waals surface area contributed by atoms with Crippen molar-refractivity contribution in [1.29, 1.82) is 0 Å². The summed E-state index contributed by atoms with van der Waals surface area (Å²) in [7, 11) is 3.20. The first-order chi connectivity index (χ1) is 12.9. The number of hydrogen-bond acceptors (Lipinski definition) is 5. The lowest BCUT2D eigenvalue weighted by Gasteiger charge is -2.10. The van der Waals surface area contributed by atoms with Gasteiger partial charge in [0.05, 0.1) is 24.8 Å². The molecule has 1 saturated heterocycles. The number of carbonyl (C=O) groups is 1. The number of methoxy groups -OCH3 is 2. The van der Waals surface area contributed by atoms with Gasteiger partial charge in [-0.3, -0.25) is 4.79 Å². The van der Waals surface area contributed by atoms with Crippen LogP contribution < -0.4 is 14.8 Å². The maximum Gasteiger partial charge on any atom is 0.264 e. The molecular formula is C21H22N2O3S. The van der Waals surface area contributed by atoms with E-state index in [1.807, 2.05) is 50.3 Å². The number of hydrogen-bond donors (Lipinski definition) is 1. The summed E-state index contributed by atoms with van der Waals surface area (Å²) in [5.41, 5.74) is 5.10. The summed E-state index contributed by atoms with van der Waals surface area (Å²) in [4.78, 5) is 17.5. The highest BCUT2D eigenvalue weighted by Gasteiger charge is 2.24. The van der Waals surface area contributed by atoms with Gasteiger partial charge < -0.3 is 14.8 Å². The van der Waals surface area contributed by atoms with Crippen LogP contribution in [0.2, 0.25) is 0 Å². The largest absolute Gasteiger partial charge is 0.493 e. The Hall–Kier alpha value is -2.73. The highest BCUT2D eigenvalue weighted by molar-refractivity contribution is 8.18. The molecule has 27 heavy (non-hydrogen) atoms. The first kappa shape index (κ1) is 19.0. The molecule has 0 aromatic heterocycles. The van der Waals surface area contributed by atoms with Crippen LogP contribution in [0.3, 0.4) is 0 Å². The molecule has 1 aliphatic heterocycles. The van der Waals surface area contributed by atoms with Crippen molar-refractivity contribution >= 4 is 34.6 Å². The van der Waals surface area contributed by atoms with Crippen molar-refractivity contribution in [3.8, 4) is 11.5 Å². The first-order valence-electron chi connectivity index (χ1n) is 8.50. The van der Waals surface area contributed by atoms with Gasteiger partial charge in [0, 0.05) is 0 Å². The fourth-order valence-electron chi connectivity index (χ4n) is 2.69. The van der Waals surface area contributed by atoms with E-state index in [-0.39, 0.29) is 5.91 Å². The lowest BCUT2D eigenvalue weighted by molar-refractivity contribution is -0.115. The topological polar surface area (TPSA) is 59.9 Å². The summed E-state index contributed by atoms with van der Waals surface area (Å²) in [6, 6.07) is 9.75. The summed E-state index contributed by atoms with van der Waals surface area (Å²) >= 11 is 1.33. The van der Waals surface area contributed by atoms with Crippen molar-refractivity contribution in [2.24, 2.45) is 4.99 Å². The normalized spacial score (nSPS) is 16.7. The number of benzene rings is 2. The fraction of sp³-hybridized carbons (Fsp3) is 0.238. The van der Waals surface area contributed by atoms with E-state index in [9.17, 15) is 4.79 Å². The summed E-state index contributed by atoms with van der Waals surface area (Å²) in [6.45, 7) is 6.07. The monoisotopic (exact) mass is 382 g/mol. The van der Waals surface area contributed by atoms with Crippen LogP contribution in [0.15, 0.2) is 40.2 Å². The predicted molar refractivity (Wildman–Crippen MR) is 111 cm³/mol.